The van der Waals surface area contributed by atoms with Gasteiger partial charge in [0, 0.05) is 20.5 Å². The maximum atomic E-state index is 12.2. The molecule has 0 radical (unpaired) electrons. The highest BCUT2D eigenvalue weighted by Crippen LogP contribution is 2.29. The summed E-state index contributed by atoms with van der Waals surface area (Å²) in [6.07, 6.45) is 0.832. The van der Waals surface area contributed by atoms with Gasteiger partial charge >= 0.3 is 0 Å². The van der Waals surface area contributed by atoms with Crippen LogP contribution in [0.25, 0.3) is 0 Å². The van der Waals surface area contributed by atoms with Crippen LogP contribution in [0.5, 0.6) is 5.75 Å². The van der Waals surface area contributed by atoms with Gasteiger partial charge in [-0.05, 0) is 38.1 Å². The monoisotopic (exact) mass is 329 g/mol. The maximum Gasteiger partial charge on any atom is 0.242 e. The number of nitrogens with two attached hydrogens (primary N) is 1. The molecule has 0 aromatic heterocycles. The number of hydrogen-bond donors (Lipinski definition) is 2. The van der Waals surface area contributed by atoms with E-state index in [-0.39, 0.29) is 17.2 Å². The number of amides is 1. The van der Waals surface area contributed by atoms with Crippen LogP contribution in [0.2, 0.25) is 0 Å². The molecule has 7 nitrogen and oxygen atoms in total. The minimum Gasteiger partial charge on any atom is -0.492 e. The molecular weight excluding hydrogens is 306 g/mol. The summed E-state index contributed by atoms with van der Waals surface area (Å²) >= 11 is 0. The number of carbonyl (C=O) groups is 1. The third kappa shape index (κ3) is 4.69. The zero-order valence-corrected chi connectivity index (χ0v) is 13.9. The number of ether oxygens (including phenoxy) is 1. The van der Waals surface area contributed by atoms with Crippen molar-refractivity contribution in [2.24, 2.45) is 5.73 Å². The Labute approximate surface area is 131 Å². The Kier molecular flexibility index (Phi) is 6.79. The molecule has 1 rings (SSSR count). The highest BCUT2D eigenvalue weighted by atomic mass is 32.2. The normalized spacial score (nSPS) is 11.5. The molecule has 0 aliphatic rings. The summed E-state index contributed by atoms with van der Waals surface area (Å²) in [5.74, 6) is 0.201. The standard InChI is InChI=1S/C14H23N3O4S/c1-4-21-13-8-7-11(22(19,20)17(2)3)10-12(13)16-14(18)6-5-9-15/h7-8,10H,4-6,9,15H2,1-3H3,(H,16,18). The molecule has 0 aliphatic heterocycles. The summed E-state index contributed by atoms with van der Waals surface area (Å²) in [6, 6.07) is 4.40. The van der Waals surface area contributed by atoms with Crippen LogP contribution in [0.15, 0.2) is 23.1 Å². The summed E-state index contributed by atoms with van der Waals surface area (Å²) in [7, 11) is -0.678. The van der Waals surface area contributed by atoms with Crippen LogP contribution >= 0.6 is 0 Å². The Morgan fingerprint density at radius 3 is 2.59 bits per heavy atom. The second kappa shape index (κ2) is 8.11. The van der Waals surface area contributed by atoms with Crippen molar-refractivity contribution in [1.29, 1.82) is 0 Å². The molecule has 0 heterocycles. The van der Waals surface area contributed by atoms with Crippen molar-refractivity contribution in [3.05, 3.63) is 18.2 Å². The highest BCUT2D eigenvalue weighted by molar-refractivity contribution is 7.89. The van der Waals surface area contributed by atoms with E-state index in [9.17, 15) is 13.2 Å². The van der Waals surface area contributed by atoms with E-state index in [2.05, 4.69) is 5.32 Å². The van der Waals surface area contributed by atoms with E-state index >= 15 is 0 Å². The third-order valence-electron chi connectivity index (χ3n) is 2.91. The highest BCUT2D eigenvalue weighted by Gasteiger charge is 2.19. The van der Waals surface area contributed by atoms with Gasteiger partial charge in [-0.1, -0.05) is 0 Å². The second-order valence-corrected chi connectivity index (χ2v) is 6.97. The molecule has 0 atom stereocenters. The molecule has 22 heavy (non-hydrogen) atoms. The maximum absolute atomic E-state index is 12.2. The fourth-order valence-electron chi connectivity index (χ4n) is 1.73. The Morgan fingerprint density at radius 1 is 1.36 bits per heavy atom. The Morgan fingerprint density at radius 2 is 2.05 bits per heavy atom. The van der Waals surface area contributed by atoms with E-state index in [0.717, 1.165) is 4.31 Å². The predicted molar refractivity (Wildman–Crippen MR) is 85.4 cm³/mol. The van der Waals surface area contributed by atoms with Crippen molar-refractivity contribution in [3.8, 4) is 5.75 Å². The van der Waals surface area contributed by atoms with Crippen LogP contribution in [-0.4, -0.2) is 45.9 Å². The number of nitrogens with zero attached hydrogens (tertiary/aromatic N) is 1. The zero-order valence-electron chi connectivity index (χ0n) is 13.1. The Hall–Kier alpha value is -1.64. The summed E-state index contributed by atoms with van der Waals surface area (Å²) in [4.78, 5) is 11.9. The van der Waals surface area contributed by atoms with Gasteiger partial charge in [0.05, 0.1) is 17.2 Å². The first-order valence-electron chi connectivity index (χ1n) is 7.02. The smallest absolute Gasteiger partial charge is 0.242 e. The molecule has 8 heteroatoms. The van der Waals surface area contributed by atoms with E-state index in [0.29, 0.717) is 31.0 Å². The van der Waals surface area contributed by atoms with Crippen LogP contribution in [0.1, 0.15) is 19.8 Å². The van der Waals surface area contributed by atoms with Crippen molar-refractivity contribution < 1.29 is 17.9 Å². The topological polar surface area (TPSA) is 102 Å². The number of carbonyl (C=O) groups excluding carboxylic acids is 1. The molecule has 0 unspecified atom stereocenters. The van der Waals surface area contributed by atoms with Gasteiger partial charge in [0.25, 0.3) is 0 Å². The first-order chi connectivity index (χ1) is 10.3. The van der Waals surface area contributed by atoms with Crippen molar-refractivity contribution in [3.63, 3.8) is 0 Å². The van der Waals surface area contributed by atoms with Gasteiger partial charge in [-0.25, -0.2) is 12.7 Å². The number of benzene rings is 1. The lowest BCUT2D eigenvalue weighted by Gasteiger charge is -2.15. The minimum absolute atomic E-state index is 0.0927. The van der Waals surface area contributed by atoms with E-state index in [1.165, 1.54) is 26.2 Å². The van der Waals surface area contributed by atoms with Gasteiger partial charge < -0.3 is 15.8 Å². The van der Waals surface area contributed by atoms with E-state index in [1.807, 2.05) is 6.92 Å². The quantitative estimate of drug-likeness (QED) is 0.741. The van der Waals surface area contributed by atoms with Gasteiger partial charge in [-0.15, -0.1) is 0 Å². The van der Waals surface area contributed by atoms with E-state index in [4.69, 9.17) is 10.5 Å². The Balaban J connectivity index is 3.13. The molecule has 1 aromatic rings. The van der Waals surface area contributed by atoms with Crippen LogP contribution in [0.4, 0.5) is 5.69 Å². The third-order valence-corrected chi connectivity index (χ3v) is 4.72. The van der Waals surface area contributed by atoms with E-state index < -0.39 is 10.0 Å². The van der Waals surface area contributed by atoms with E-state index in [1.54, 1.807) is 6.07 Å². The van der Waals surface area contributed by atoms with Gasteiger partial charge in [0.15, 0.2) is 0 Å². The molecule has 0 saturated carbocycles. The number of sulfonamides is 1. The zero-order chi connectivity index (χ0) is 16.8. The van der Waals surface area contributed by atoms with Gasteiger partial charge in [-0.3, -0.25) is 4.79 Å². The van der Waals surface area contributed by atoms with Gasteiger partial charge in [0.2, 0.25) is 15.9 Å². The van der Waals surface area contributed by atoms with Crippen molar-refractivity contribution >= 4 is 21.6 Å². The fraction of sp³-hybridized carbons (Fsp3) is 0.500. The SMILES string of the molecule is CCOc1ccc(S(=O)(=O)N(C)C)cc1NC(=O)CCCN. The lowest BCUT2D eigenvalue weighted by molar-refractivity contribution is -0.116. The summed E-state index contributed by atoms with van der Waals surface area (Å²) in [5, 5.41) is 2.68. The molecule has 0 fully saturated rings. The predicted octanol–water partition coefficient (Wildman–Crippen LogP) is 1.01. The molecule has 0 bridgehead atoms. The number of hydrogen-bond acceptors (Lipinski definition) is 5. The van der Waals surface area contributed by atoms with Gasteiger partial charge in [-0.2, -0.15) is 0 Å². The first kappa shape index (κ1) is 18.4. The molecule has 0 saturated heterocycles. The molecule has 1 amide bonds. The minimum atomic E-state index is -3.58. The largest absolute Gasteiger partial charge is 0.492 e. The van der Waals surface area contributed by atoms with Crippen molar-refractivity contribution in [2.45, 2.75) is 24.7 Å². The lowest BCUT2D eigenvalue weighted by Crippen LogP contribution is -2.22. The van der Waals surface area contributed by atoms with Crippen molar-refractivity contribution in [1.82, 2.24) is 4.31 Å². The number of rotatable bonds is 8. The molecule has 1 aromatic carbocycles. The van der Waals surface area contributed by atoms with Crippen LogP contribution in [-0.2, 0) is 14.8 Å². The lowest BCUT2D eigenvalue weighted by atomic mass is 10.2. The van der Waals surface area contributed by atoms with Crippen LogP contribution in [0, 0.1) is 0 Å². The molecule has 0 spiro atoms. The molecular formula is C14H23N3O4S. The van der Waals surface area contributed by atoms with Gasteiger partial charge in [0.1, 0.15) is 5.75 Å². The first-order valence-corrected chi connectivity index (χ1v) is 8.46. The van der Waals surface area contributed by atoms with Crippen LogP contribution in [0.3, 0.4) is 0 Å². The summed E-state index contributed by atoms with van der Waals surface area (Å²) < 4.78 is 30.9. The summed E-state index contributed by atoms with van der Waals surface area (Å²) in [5.41, 5.74) is 5.71. The average Bonchev–Trinajstić information content (AvgIpc) is 2.46. The molecule has 0 aliphatic carbocycles. The fourth-order valence-corrected chi connectivity index (χ4v) is 2.66. The van der Waals surface area contributed by atoms with Crippen LogP contribution < -0.4 is 15.8 Å². The number of nitrogens with one attached hydrogen (secondary N) is 1. The average molecular weight is 329 g/mol. The number of anilines is 1. The molecule has 3 N–H and O–H groups in total. The summed E-state index contributed by atoms with van der Waals surface area (Å²) in [6.45, 7) is 2.64. The second-order valence-electron chi connectivity index (χ2n) is 4.82. The van der Waals surface area contributed by atoms with Crippen molar-refractivity contribution in [2.75, 3.05) is 32.6 Å². The Bertz CT molecular complexity index is 615. The molecule has 124 valence electrons.